The standard InChI is InChI=1S/C14H24N2O2/c1-10-6-12(11(2)16(10)5)7-15-8-13-9-17-14(3,4)18-13/h6,13,15H,7-9H2,1-5H3. The van der Waals surface area contributed by atoms with Crippen LogP contribution >= 0.6 is 0 Å². The third kappa shape index (κ3) is 2.94. The highest BCUT2D eigenvalue weighted by molar-refractivity contribution is 5.26. The molecule has 0 bridgehead atoms. The van der Waals surface area contributed by atoms with Crippen LogP contribution in [0.3, 0.4) is 0 Å². The van der Waals surface area contributed by atoms with Gasteiger partial charge in [-0.3, -0.25) is 0 Å². The molecule has 4 nitrogen and oxygen atoms in total. The van der Waals surface area contributed by atoms with Gasteiger partial charge in [0.25, 0.3) is 0 Å². The summed E-state index contributed by atoms with van der Waals surface area (Å²) in [6, 6.07) is 2.23. The molecule has 1 aliphatic rings. The molecule has 18 heavy (non-hydrogen) atoms. The Morgan fingerprint density at radius 1 is 1.44 bits per heavy atom. The maximum absolute atomic E-state index is 5.76. The van der Waals surface area contributed by atoms with Crippen molar-refractivity contribution in [2.24, 2.45) is 7.05 Å². The highest BCUT2D eigenvalue weighted by Crippen LogP contribution is 2.21. The van der Waals surface area contributed by atoms with Crippen LogP contribution in [0.2, 0.25) is 0 Å². The molecule has 4 heteroatoms. The zero-order valence-corrected chi connectivity index (χ0v) is 12.0. The first kappa shape index (κ1) is 13.6. The van der Waals surface area contributed by atoms with E-state index in [9.17, 15) is 0 Å². The average molecular weight is 252 g/mol. The summed E-state index contributed by atoms with van der Waals surface area (Å²) in [6.45, 7) is 10.6. The van der Waals surface area contributed by atoms with Crippen LogP contribution in [-0.4, -0.2) is 29.6 Å². The normalized spacial score (nSPS) is 22.6. The van der Waals surface area contributed by atoms with E-state index in [4.69, 9.17) is 9.47 Å². The van der Waals surface area contributed by atoms with Gasteiger partial charge in [0.15, 0.2) is 5.79 Å². The summed E-state index contributed by atoms with van der Waals surface area (Å²) < 4.78 is 13.5. The summed E-state index contributed by atoms with van der Waals surface area (Å²) >= 11 is 0. The van der Waals surface area contributed by atoms with Crippen molar-refractivity contribution in [3.05, 3.63) is 23.0 Å². The Bertz CT molecular complexity index is 424. The Morgan fingerprint density at radius 2 is 2.17 bits per heavy atom. The molecule has 0 amide bonds. The first-order valence-electron chi connectivity index (χ1n) is 6.53. The summed E-state index contributed by atoms with van der Waals surface area (Å²) in [5.41, 5.74) is 3.97. The molecule has 0 aliphatic carbocycles. The molecule has 1 aromatic rings. The number of nitrogens with one attached hydrogen (secondary N) is 1. The lowest BCUT2D eigenvalue weighted by atomic mass is 10.2. The van der Waals surface area contributed by atoms with E-state index >= 15 is 0 Å². The van der Waals surface area contributed by atoms with Crippen LogP contribution in [0.4, 0.5) is 0 Å². The summed E-state index contributed by atoms with van der Waals surface area (Å²) in [7, 11) is 2.10. The summed E-state index contributed by atoms with van der Waals surface area (Å²) in [5.74, 6) is -0.425. The van der Waals surface area contributed by atoms with Gasteiger partial charge in [-0.15, -0.1) is 0 Å². The minimum Gasteiger partial charge on any atom is -0.352 e. The number of nitrogens with zero attached hydrogens (tertiary/aromatic N) is 1. The van der Waals surface area contributed by atoms with Gasteiger partial charge in [0, 0.05) is 31.5 Å². The second-order valence-electron chi connectivity index (χ2n) is 5.54. The van der Waals surface area contributed by atoms with Crippen LogP contribution in [-0.2, 0) is 23.1 Å². The highest BCUT2D eigenvalue weighted by Gasteiger charge is 2.32. The van der Waals surface area contributed by atoms with Gasteiger partial charge in [-0.1, -0.05) is 0 Å². The van der Waals surface area contributed by atoms with Crippen molar-refractivity contribution >= 4 is 0 Å². The molecule has 1 fully saturated rings. The van der Waals surface area contributed by atoms with E-state index in [0.717, 1.165) is 13.1 Å². The van der Waals surface area contributed by atoms with Gasteiger partial charge in [0.05, 0.1) is 12.7 Å². The second kappa shape index (κ2) is 5.03. The fraction of sp³-hybridized carbons (Fsp3) is 0.714. The number of ether oxygens (including phenoxy) is 2. The molecule has 0 saturated carbocycles. The Kier molecular flexibility index (Phi) is 3.80. The van der Waals surface area contributed by atoms with Crippen LogP contribution in [0.25, 0.3) is 0 Å². The van der Waals surface area contributed by atoms with Gasteiger partial charge in [-0.25, -0.2) is 0 Å². The van der Waals surface area contributed by atoms with E-state index in [1.165, 1.54) is 17.0 Å². The molecule has 1 aliphatic heterocycles. The van der Waals surface area contributed by atoms with E-state index in [2.05, 4.69) is 36.8 Å². The lowest BCUT2D eigenvalue weighted by molar-refractivity contribution is -0.137. The van der Waals surface area contributed by atoms with E-state index in [0.29, 0.717) is 6.61 Å². The van der Waals surface area contributed by atoms with Gasteiger partial charge in [0.1, 0.15) is 0 Å². The van der Waals surface area contributed by atoms with Gasteiger partial charge in [-0.05, 0) is 39.3 Å². The smallest absolute Gasteiger partial charge is 0.163 e. The van der Waals surface area contributed by atoms with Crippen LogP contribution in [0.5, 0.6) is 0 Å². The van der Waals surface area contributed by atoms with Gasteiger partial charge < -0.3 is 19.4 Å². The monoisotopic (exact) mass is 252 g/mol. The third-order valence-electron chi connectivity index (χ3n) is 3.63. The molecule has 1 saturated heterocycles. The van der Waals surface area contributed by atoms with Crippen LogP contribution in [0, 0.1) is 13.8 Å². The average Bonchev–Trinajstić information content (AvgIpc) is 2.75. The van der Waals surface area contributed by atoms with Crippen molar-refractivity contribution in [2.75, 3.05) is 13.2 Å². The number of rotatable bonds is 4. The molecule has 0 aromatic carbocycles. The van der Waals surface area contributed by atoms with Crippen molar-refractivity contribution in [2.45, 2.75) is 46.1 Å². The first-order valence-corrected chi connectivity index (χ1v) is 6.53. The highest BCUT2D eigenvalue weighted by atomic mass is 16.7. The largest absolute Gasteiger partial charge is 0.352 e. The maximum Gasteiger partial charge on any atom is 0.163 e. The Morgan fingerprint density at radius 3 is 2.67 bits per heavy atom. The van der Waals surface area contributed by atoms with Gasteiger partial charge in [-0.2, -0.15) is 0 Å². The van der Waals surface area contributed by atoms with Crippen molar-refractivity contribution < 1.29 is 9.47 Å². The molecule has 1 aromatic heterocycles. The Hall–Kier alpha value is -0.840. The second-order valence-corrected chi connectivity index (χ2v) is 5.54. The lowest BCUT2D eigenvalue weighted by Crippen LogP contribution is -2.30. The van der Waals surface area contributed by atoms with Crippen LogP contribution in [0.1, 0.15) is 30.8 Å². The number of aryl methyl sites for hydroxylation is 1. The minimum atomic E-state index is -0.425. The summed E-state index contributed by atoms with van der Waals surface area (Å²) in [4.78, 5) is 0. The van der Waals surface area contributed by atoms with E-state index in [1.54, 1.807) is 0 Å². The molecule has 102 valence electrons. The van der Waals surface area contributed by atoms with Crippen LogP contribution < -0.4 is 5.32 Å². The summed E-state index contributed by atoms with van der Waals surface area (Å²) in [6.07, 6.45) is 0.158. The zero-order valence-electron chi connectivity index (χ0n) is 12.0. The lowest BCUT2D eigenvalue weighted by Gasteiger charge is -2.17. The van der Waals surface area contributed by atoms with Crippen molar-refractivity contribution in [1.29, 1.82) is 0 Å². The molecular formula is C14H24N2O2. The molecule has 0 radical (unpaired) electrons. The predicted octanol–water partition coefficient (Wildman–Crippen LogP) is 1.88. The molecule has 1 atom stereocenters. The molecule has 1 unspecified atom stereocenters. The third-order valence-corrected chi connectivity index (χ3v) is 3.63. The van der Waals surface area contributed by atoms with E-state index in [-0.39, 0.29) is 6.10 Å². The fourth-order valence-corrected chi connectivity index (χ4v) is 2.34. The van der Waals surface area contributed by atoms with E-state index in [1.807, 2.05) is 13.8 Å². The predicted molar refractivity (Wildman–Crippen MR) is 71.5 cm³/mol. The molecule has 2 rings (SSSR count). The van der Waals surface area contributed by atoms with Crippen molar-refractivity contribution in [3.8, 4) is 0 Å². The minimum absolute atomic E-state index is 0.158. The number of aromatic nitrogens is 1. The van der Waals surface area contributed by atoms with Crippen molar-refractivity contribution in [1.82, 2.24) is 9.88 Å². The molecule has 2 heterocycles. The maximum atomic E-state index is 5.76. The quantitative estimate of drug-likeness (QED) is 0.888. The topological polar surface area (TPSA) is 35.4 Å². The van der Waals surface area contributed by atoms with Crippen LogP contribution in [0.15, 0.2) is 6.07 Å². The Labute approximate surface area is 109 Å². The van der Waals surface area contributed by atoms with Crippen molar-refractivity contribution in [3.63, 3.8) is 0 Å². The van der Waals surface area contributed by atoms with E-state index < -0.39 is 5.79 Å². The summed E-state index contributed by atoms with van der Waals surface area (Å²) in [5, 5.41) is 3.44. The van der Waals surface area contributed by atoms with Gasteiger partial charge in [0.2, 0.25) is 0 Å². The number of hydrogen-bond acceptors (Lipinski definition) is 3. The molecule has 0 spiro atoms. The Balaban J connectivity index is 1.81. The zero-order chi connectivity index (χ0) is 13.3. The van der Waals surface area contributed by atoms with Gasteiger partial charge >= 0.3 is 0 Å². The SMILES string of the molecule is Cc1cc(CNCC2COC(C)(C)O2)c(C)n1C. The fourth-order valence-electron chi connectivity index (χ4n) is 2.34. The number of hydrogen-bond donors (Lipinski definition) is 1. The molecular weight excluding hydrogens is 228 g/mol. The first-order chi connectivity index (χ1) is 8.39. The molecule has 1 N–H and O–H groups in total.